The second kappa shape index (κ2) is 7.90. The molecule has 0 aliphatic carbocycles. The molecule has 1 amide bonds. The van der Waals surface area contributed by atoms with Crippen molar-refractivity contribution in [1.29, 1.82) is 5.26 Å². The lowest BCUT2D eigenvalue weighted by atomic mass is 10.1. The summed E-state index contributed by atoms with van der Waals surface area (Å²) in [4.78, 5) is 19.6. The molecular formula is C18H16F3N3OS2. The van der Waals surface area contributed by atoms with Gasteiger partial charge < -0.3 is 4.90 Å². The zero-order valence-electron chi connectivity index (χ0n) is 14.4. The number of rotatable bonds is 4. The summed E-state index contributed by atoms with van der Waals surface area (Å²) in [5, 5.41) is 11.1. The SMILES string of the molecule is Cc1cc(C(F)(F)F)c(C#N)c(SCC(=O)N2CCC[C@@H]2c2cccs2)n1. The van der Waals surface area contributed by atoms with Crippen LogP contribution in [0.3, 0.4) is 0 Å². The molecule has 3 rings (SSSR count). The van der Waals surface area contributed by atoms with Crippen LogP contribution in [0.1, 0.15) is 40.6 Å². The number of pyridine rings is 1. The summed E-state index contributed by atoms with van der Waals surface area (Å²) in [7, 11) is 0. The van der Waals surface area contributed by atoms with Gasteiger partial charge in [-0.25, -0.2) is 4.98 Å². The fraction of sp³-hybridized carbons (Fsp3) is 0.389. The Hall–Kier alpha value is -2.05. The molecule has 4 nitrogen and oxygen atoms in total. The Bertz CT molecular complexity index is 875. The molecule has 9 heteroatoms. The van der Waals surface area contributed by atoms with E-state index in [0.717, 1.165) is 35.5 Å². The summed E-state index contributed by atoms with van der Waals surface area (Å²) >= 11 is 2.48. The summed E-state index contributed by atoms with van der Waals surface area (Å²) in [6.45, 7) is 2.07. The minimum Gasteiger partial charge on any atom is -0.334 e. The topological polar surface area (TPSA) is 57.0 Å². The van der Waals surface area contributed by atoms with E-state index in [1.807, 2.05) is 17.5 Å². The molecule has 142 valence electrons. The number of halogens is 3. The van der Waals surface area contributed by atoms with Crippen LogP contribution in [0.2, 0.25) is 0 Å². The van der Waals surface area contributed by atoms with Gasteiger partial charge in [-0.1, -0.05) is 17.8 Å². The monoisotopic (exact) mass is 411 g/mol. The highest BCUT2D eigenvalue weighted by Crippen LogP contribution is 2.37. The van der Waals surface area contributed by atoms with E-state index in [1.165, 1.54) is 6.92 Å². The van der Waals surface area contributed by atoms with Gasteiger partial charge in [0.25, 0.3) is 0 Å². The third-order valence-corrected chi connectivity index (χ3v) is 6.24. The van der Waals surface area contributed by atoms with Gasteiger partial charge in [-0.15, -0.1) is 11.3 Å². The lowest BCUT2D eigenvalue weighted by Crippen LogP contribution is -2.31. The van der Waals surface area contributed by atoms with Crippen LogP contribution < -0.4 is 0 Å². The number of nitrogens with zero attached hydrogens (tertiary/aromatic N) is 3. The maximum atomic E-state index is 13.2. The van der Waals surface area contributed by atoms with E-state index in [0.29, 0.717) is 6.54 Å². The number of hydrogen-bond acceptors (Lipinski definition) is 5. The summed E-state index contributed by atoms with van der Waals surface area (Å²) in [6.07, 6.45) is -2.87. The van der Waals surface area contributed by atoms with Gasteiger partial charge in [0.05, 0.1) is 22.9 Å². The Morgan fingerprint density at radius 1 is 1.52 bits per heavy atom. The van der Waals surface area contributed by atoms with Crippen LogP contribution >= 0.6 is 23.1 Å². The summed E-state index contributed by atoms with van der Waals surface area (Å²) in [5.41, 5.74) is -1.37. The van der Waals surface area contributed by atoms with Gasteiger partial charge in [0.1, 0.15) is 11.1 Å². The minimum atomic E-state index is -4.64. The van der Waals surface area contributed by atoms with Crippen molar-refractivity contribution in [3.05, 3.63) is 45.3 Å². The minimum absolute atomic E-state index is 0.0183. The van der Waals surface area contributed by atoms with E-state index >= 15 is 0 Å². The van der Waals surface area contributed by atoms with Gasteiger partial charge in [-0.2, -0.15) is 18.4 Å². The molecule has 0 N–H and O–H groups in total. The van der Waals surface area contributed by atoms with Crippen molar-refractivity contribution < 1.29 is 18.0 Å². The van der Waals surface area contributed by atoms with Crippen molar-refractivity contribution in [1.82, 2.24) is 9.88 Å². The van der Waals surface area contributed by atoms with Crippen molar-refractivity contribution >= 4 is 29.0 Å². The molecule has 2 aromatic heterocycles. The van der Waals surface area contributed by atoms with Crippen molar-refractivity contribution in [3.63, 3.8) is 0 Å². The lowest BCUT2D eigenvalue weighted by molar-refractivity contribution is -0.138. The maximum Gasteiger partial charge on any atom is 0.417 e. The van der Waals surface area contributed by atoms with Crippen LogP contribution in [0.15, 0.2) is 28.6 Å². The van der Waals surface area contributed by atoms with Crippen LogP contribution in [0.4, 0.5) is 13.2 Å². The first-order chi connectivity index (χ1) is 12.8. The Labute approximate surface area is 163 Å². The normalized spacial score (nSPS) is 17.1. The summed E-state index contributed by atoms with van der Waals surface area (Å²) in [6, 6.07) is 6.39. The molecule has 1 saturated heterocycles. The van der Waals surface area contributed by atoms with Crippen molar-refractivity contribution in [2.45, 2.75) is 37.0 Å². The Kier molecular flexibility index (Phi) is 5.77. The number of likely N-dealkylation sites (tertiary alicyclic amines) is 1. The van der Waals surface area contributed by atoms with Gasteiger partial charge in [-0.05, 0) is 37.3 Å². The van der Waals surface area contributed by atoms with Gasteiger partial charge in [0.15, 0.2) is 0 Å². The van der Waals surface area contributed by atoms with Crippen molar-refractivity contribution in [2.24, 2.45) is 0 Å². The second-order valence-corrected chi connectivity index (χ2v) is 8.09. The number of nitriles is 1. The second-order valence-electron chi connectivity index (χ2n) is 6.15. The molecule has 1 atom stereocenters. The predicted molar refractivity (Wildman–Crippen MR) is 97.4 cm³/mol. The van der Waals surface area contributed by atoms with E-state index in [1.54, 1.807) is 22.3 Å². The quantitative estimate of drug-likeness (QED) is 0.679. The van der Waals surface area contributed by atoms with Gasteiger partial charge in [-0.3, -0.25) is 4.79 Å². The first-order valence-electron chi connectivity index (χ1n) is 8.26. The number of aryl methyl sites for hydroxylation is 1. The first-order valence-corrected chi connectivity index (χ1v) is 10.1. The average Bonchev–Trinajstić information content (AvgIpc) is 3.29. The van der Waals surface area contributed by atoms with Crippen molar-refractivity contribution in [3.8, 4) is 6.07 Å². The zero-order valence-corrected chi connectivity index (χ0v) is 16.0. The number of carbonyl (C=O) groups excluding carboxylic acids is 1. The molecule has 1 aliphatic heterocycles. The molecule has 2 aromatic rings. The van der Waals surface area contributed by atoms with Gasteiger partial charge in [0.2, 0.25) is 5.91 Å². The molecule has 0 bridgehead atoms. The smallest absolute Gasteiger partial charge is 0.334 e. The van der Waals surface area contributed by atoms with E-state index in [9.17, 15) is 23.2 Å². The molecule has 1 aliphatic rings. The van der Waals surface area contributed by atoms with E-state index in [2.05, 4.69) is 4.98 Å². The largest absolute Gasteiger partial charge is 0.417 e. The molecule has 0 unspecified atom stereocenters. The summed E-state index contributed by atoms with van der Waals surface area (Å²) < 4.78 is 39.6. The van der Waals surface area contributed by atoms with Crippen LogP contribution in [0, 0.1) is 18.3 Å². The van der Waals surface area contributed by atoms with Crippen LogP contribution in [-0.2, 0) is 11.0 Å². The molecule has 0 radical (unpaired) electrons. The Morgan fingerprint density at radius 3 is 2.93 bits per heavy atom. The highest BCUT2D eigenvalue weighted by molar-refractivity contribution is 8.00. The average molecular weight is 411 g/mol. The number of thioether (sulfide) groups is 1. The van der Waals surface area contributed by atoms with Gasteiger partial charge in [0, 0.05) is 17.1 Å². The molecule has 0 spiro atoms. The molecular weight excluding hydrogens is 395 g/mol. The number of alkyl halides is 3. The van der Waals surface area contributed by atoms with Gasteiger partial charge >= 0.3 is 6.18 Å². The molecule has 0 aromatic carbocycles. The van der Waals surface area contributed by atoms with Crippen LogP contribution in [0.5, 0.6) is 0 Å². The number of thiophene rings is 1. The first kappa shape index (κ1) is 19.7. The van der Waals surface area contributed by atoms with Crippen LogP contribution in [0.25, 0.3) is 0 Å². The highest BCUT2D eigenvalue weighted by Gasteiger charge is 2.36. The lowest BCUT2D eigenvalue weighted by Gasteiger charge is -2.24. The van der Waals surface area contributed by atoms with Crippen molar-refractivity contribution in [2.75, 3.05) is 12.3 Å². The number of hydrogen-bond donors (Lipinski definition) is 0. The Balaban J connectivity index is 1.78. The fourth-order valence-corrected chi connectivity index (χ4v) is 4.94. The maximum absolute atomic E-state index is 13.2. The standard InChI is InChI=1S/C18H16F3N3OS2/c1-11-8-13(18(19,20)21)12(9-22)17(23-11)27-10-16(25)24-6-2-4-14(24)15-5-3-7-26-15/h3,5,7-8,14H,2,4,6,10H2,1H3/t14-/m1/s1. The number of carbonyl (C=O) groups is 1. The number of aromatic nitrogens is 1. The van der Waals surface area contributed by atoms with Crippen LogP contribution in [-0.4, -0.2) is 28.1 Å². The molecule has 3 heterocycles. The third kappa shape index (κ3) is 4.28. The van der Waals surface area contributed by atoms with E-state index in [-0.39, 0.29) is 28.4 Å². The molecule has 1 fully saturated rings. The summed E-state index contributed by atoms with van der Waals surface area (Å²) in [5.74, 6) is -0.207. The number of amides is 1. The highest BCUT2D eigenvalue weighted by atomic mass is 32.2. The fourth-order valence-electron chi connectivity index (χ4n) is 3.14. The molecule has 27 heavy (non-hydrogen) atoms. The van der Waals surface area contributed by atoms with E-state index < -0.39 is 17.3 Å². The molecule has 0 saturated carbocycles. The Morgan fingerprint density at radius 2 is 2.30 bits per heavy atom. The predicted octanol–water partition coefficient (Wildman–Crippen LogP) is 4.80. The zero-order chi connectivity index (χ0) is 19.6. The van der Waals surface area contributed by atoms with E-state index in [4.69, 9.17) is 0 Å². The third-order valence-electron chi connectivity index (χ3n) is 4.31.